The molecule has 0 atom stereocenters. The van der Waals surface area contributed by atoms with Gasteiger partial charge in [0.25, 0.3) is 0 Å². The SMILES string of the molecule is Cc1c(-c2ccc(-c3ccccc3)cc2)sc2c(-c3cc(C(C)(C)C)c4ccccc4c3)ncnc12. The topological polar surface area (TPSA) is 25.8 Å². The molecule has 0 fully saturated rings. The molecule has 2 nitrogen and oxygen atoms in total. The maximum Gasteiger partial charge on any atom is 0.116 e. The first kappa shape index (κ1) is 22.6. The van der Waals surface area contributed by atoms with Crippen molar-refractivity contribution in [2.24, 2.45) is 0 Å². The molecule has 6 rings (SSSR count). The van der Waals surface area contributed by atoms with Gasteiger partial charge < -0.3 is 0 Å². The third kappa shape index (κ3) is 3.90. The summed E-state index contributed by atoms with van der Waals surface area (Å²) in [4.78, 5) is 10.8. The van der Waals surface area contributed by atoms with E-state index in [9.17, 15) is 0 Å². The Labute approximate surface area is 216 Å². The summed E-state index contributed by atoms with van der Waals surface area (Å²) in [5.74, 6) is 0. The number of hydrogen-bond donors (Lipinski definition) is 0. The van der Waals surface area contributed by atoms with Crippen LogP contribution >= 0.6 is 11.3 Å². The minimum Gasteiger partial charge on any atom is -0.235 e. The Bertz CT molecular complexity index is 1710. The molecule has 0 N–H and O–H groups in total. The molecule has 0 aliphatic heterocycles. The van der Waals surface area contributed by atoms with Crippen LogP contribution < -0.4 is 0 Å². The first-order valence-corrected chi connectivity index (χ1v) is 13.2. The highest BCUT2D eigenvalue weighted by Gasteiger charge is 2.21. The van der Waals surface area contributed by atoms with E-state index in [1.54, 1.807) is 17.7 Å². The average Bonchev–Trinajstić information content (AvgIpc) is 3.24. The molecule has 0 aliphatic carbocycles. The normalized spacial score (nSPS) is 11.9. The molecule has 0 bridgehead atoms. The summed E-state index contributed by atoms with van der Waals surface area (Å²) in [5.41, 5.74) is 9.46. The van der Waals surface area contributed by atoms with Crippen LogP contribution in [0.2, 0.25) is 0 Å². The van der Waals surface area contributed by atoms with Gasteiger partial charge in [-0.25, -0.2) is 9.97 Å². The van der Waals surface area contributed by atoms with Crippen molar-refractivity contribution in [3.63, 3.8) is 0 Å². The molecule has 0 saturated heterocycles. The molecule has 2 aromatic heterocycles. The Kier molecular flexibility index (Phi) is 5.46. The average molecular weight is 485 g/mol. The van der Waals surface area contributed by atoms with Gasteiger partial charge in [-0.2, -0.15) is 0 Å². The summed E-state index contributed by atoms with van der Waals surface area (Å²) in [6.07, 6.45) is 1.71. The maximum atomic E-state index is 4.81. The smallest absolute Gasteiger partial charge is 0.116 e. The van der Waals surface area contributed by atoms with Crippen LogP contribution in [-0.4, -0.2) is 9.97 Å². The quantitative estimate of drug-likeness (QED) is 0.250. The number of nitrogens with zero attached hydrogens (tertiary/aromatic N) is 2. The summed E-state index contributed by atoms with van der Waals surface area (Å²) in [6, 6.07) is 32.6. The van der Waals surface area contributed by atoms with E-state index < -0.39 is 0 Å². The lowest BCUT2D eigenvalue weighted by Gasteiger charge is -2.22. The fourth-order valence-electron chi connectivity index (χ4n) is 5.02. The summed E-state index contributed by atoms with van der Waals surface area (Å²) in [5, 5.41) is 2.55. The third-order valence-electron chi connectivity index (χ3n) is 6.90. The second-order valence-corrected chi connectivity index (χ2v) is 11.4. The lowest BCUT2D eigenvalue weighted by atomic mass is 9.82. The molecule has 4 aromatic carbocycles. The van der Waals surface area contributed by atoms with Gasteiger partial charge in [0.1, 0.15) is 6.33 Å². The Morgan fingerprint density at radius 3 is 2.08 bits per heavy atom. The second kappa shape index (κ2) is 8.69. The third-order valence-corrected chi connectivity index (χ3v) is 8.24. The molecular weight excluding hydrogens is 456 g/mol. The number of aromatic nitrogens is 2. The zero-order valence-corrected chi connectivity index (χ0v) is 21.9. The van der Waals surface area contributed by atoms with E-state index in [0.29, 0.717) is 0 Å². The highest BCUT2D eigenvalue weighted by Crippen LogP contribution is 2.43. The van der Waals surface area contributed by atoms with Crippen molar-refractivity contribution < 1.29 is 0 Å². The number of benzene rings is 4. The van der Waals surface area contributed by atoms with Crippen molar-refractivity contribution in [2.75, 3.05) is 0 Å². The van der Waals surface area contributed by atoms with Crippen LogP contribution in [0.4, 0.5) is 0 Å². The molecular formula is C33H28N2S. The van der Waals surface area contributed by atoms with E-state index in [2.05, 4.69) is 119 Å². The van der Waals surface area contributed by atoms with E-state index in [1.807, 2.05) is 0 Å². The van der Waals surface area contributed by atoms with Gasteiger partial charge in [0.05, 0.1) is 15.9 Å². The minimum absolute atomic E-state index is 0.0266. The summed E-state index contributed by atoms with van der Waals surface area (Å²) in [6.45, 7) is 9.01. The van der Waals surface area contributed by atoms with Gasteiger partial charge in [0.15, 0.2) is 0 Å². The predicted octanol–water partition coefficient (Wildman–Crippen LogP) is 9.45. The number of thiophene rings is 1. The molecule has 0 saturated carbocycles. The lowest BCUT2D eigenvalue weighted by Crippen LogP contribution is -2.12. The van der Waals surface area contributed by atoms with Gasteiger partial charge in [-0.15, -0.1) is 11.3 Å². The van der Waals surface area contributed by atoms with Gasteiger partial charge in [0.2, 0.25) is 0 Å². The molecule has 0 spiro atoms. The van der Waals surface area contributed by atoms with Crippen LogP contribution in [0.15, 0.2) is 97.3 Å². The van der Waals surface area contributed by atoms with Crippen LogP contribution in [0.3, 0.4) is 0 Å². The Balaban J connectivity index is 1.50. The van der Waals surface area contributed by atoms with Gasteiger partial charge >= 0.3 is 0 Å². The van der Waals surface area contributed by atoms with E-state index in [-0.39, 0.29) is 5.41 Å². The molecule has 0 aliphatic rings. The molecule has 3 heteroatoms. The fourth-order valence-corrected chi connectivity index (χ4v) is 6.29. The molecule has 0 amide bonds. The Morgan fingerprint density at radius 2 is 1.33 bits per heavy atom. The number of aryl methyl sites for hydroxylation is 1. The Hall–Kier alpha value is -3.82. The van der Waals surface area contributed by atoms with Gasteiger partial charge in [-0.05, 0) is 63.1 Å². The minimum atomic E-state index is 0.0266. The van der Waals surface area contributed by atoms with Crippen LogP contribution in [0, 0.1) is 6.92 Å². The Morgan fingerprint density at radius 1 is 0.667 bits per heavy atom. The van der Waals surface area contributed by atoms with Gasteiger partial charge in [-0.3, -0.25) is 0 Å². The first-order valence-electron chi connectivity index (χ1n) is 12.3. The molecule has 6 aromatic rings. The largest absolute Gasteiger partial charge is 0.235 e. The summed E-state index contributed by atoms with van der Waals surface area (Å²) >= 11 is 1.79. The standard InChI is InChI=1S/C33H28N2S/c1-21-29-32(36-31(21)24-16-14-23(15-17-24)22-10-6-5-7-11-22)30(35-20-34-29)26-18-25-12-8-9-13-27(25)28(19-26)33(2,3)4/h5-20H,1-4H3. The molecule has 176 valence electrons. The highest BCUT2D eigenvalue weighted by atomic mass is 32.1. The molecule has 0 unspecified atom stereocenters. The van der Waals surface area contributed by atoms with Crippen LogP contribution in [0.5, 0.6) is 0 Å². The molecule has 0 radical (unpaired) electrons. The van der Waals surface area contributed by atoms with Gasteiger partial charge in [-0.1, -0.05) is 99.6 Å². The monoisotopic (exact) mass is 484 g/mol. The summed E-state index contributed by atoms with van der Waals surface area (Å²) in [7, 11) is 0. The summed E-state index contributed by atoms with van der Waals surface area (Å²) < 4.78 is 1.15. The first-order chi connectivity index (χ1) is 17.4. The zero-order valence-electron chi connectivity index (χ0n) is 21.0. The number of rotatable bonds is 3. The van der Waals surface area contributed by atoms with Crippen LogP contribution in [-0.2, 0) is 5.41 Å². The zero-order chi connectivity index (χ0) is 24.9. The molecule has 2 heterocycles. The van der Waals surface area contributed by atoms with Crippen molar-refractivity contribution in [1.29, 1.82) is 0 Å². The number of fused-ring (bicyclic) bond motifs is 2. The van der Waals surface area contributed by atoms with Crippen LogP contribution in [0.1, 0.15) is 31.9 Å². The van der Waals surface area contributed by atoms with E-state index >= 15 is 0 Å². The van der Waals surface area contributed by atoms with E-state index in [0.717, 1.165) is 21.5 Å². The van der Waals surface area contributed by atoms with E-state index in [4.69, 9.17) is 9.97 Å². The lowest BCUT2D eigenvalue weighted by molar-refractivity contribution is 0.596. The predicted molar refractivity (Wildman–Crippen MR) is 155 cm³/mol. The van der Waals surface area contributed by atoms with Gasteiger partial charge in [0, 0.05) is 10.4 Å². The van der Waals surface area contributed by atoms with Crippen molar-refractivity contribution in [3.8, 4) is 32.8 Å². The molecule has 36 heavy (non-hydrogen) atoms. The fraction of sp³-hybridized carbons (Fsp3) is 0.152. The van der Waals surface area contributed by atoms with Crippen LogP contribution in [0.25, 0.3) is 53.8 Å². The maximum absolute atomic E-state index is 4.81. The second-order valence-electron chi connectivity index (χ2n) is 10.4. The van der Waals surface area contributed by atoms with E-state index in [1.165, 1.54) is 43.5 Å². The van der Waals surface area contributed by atoms with Crippen molar-refractivity contribution in [1.82, 2.24) is 9.97 Å². The van der Waals surface area contributed by atoms with Crippen molar-refractivity contribution in [2.45, 2.75) is 33.1 Å². The highest BCUT2D eigenvalue weighted by molar-refractivity contribution is 7.23. The van der Waals surface area contributed by atoms with Crippen molar-refractivity contribution >= 4 is 32.3 Å². The van der Waals surface area contributed by atoms with Crippen molar-refractivity contribution in [3.05, 3.63) is 108 Å². The number of hydrogen-bond acceptors (Lipinski definition) is 3.